The Bertz CT molecular complexity index is 701. The van der Waals surface area contributed by atoms with Crippen LogP contribution >= 0.6 is 23.2 Å². The molecule has 0 fully saturated rings. The number of aromatic nitrogens is 1. The van der Waals surface area contributed by atoms with E-state index in [1.165, 1.54) is 10.9 Å². The number of hydrogen-bond acceptors (Lipinski definition) is 0. The molecule has 3 aromatic rings. The molecule has 0 atom stereocenters. The number of para-hydroxylation sites is 1. The number of hydrogen-bond donors (Lipinski definition) is 0. The minimum absolute atomic E-state index is 0.595. The molecule has 3 heteroatoms. The molecule has 1 nitrogen and oxygen atoms in total. The van der Waals surface area contributed by atoms with Crippen LogP contribution in [-0.2, 0) is 6.54 Å². The van der Waals surface area contributed by atoms with Gasteiger partial charge in [-0.15, -0.1) is 0 Å². The topological polar surface area (TPSA) is 4.93 Å². The van der Waals surface area contributed by atoms with E-state index in [2.05, 4.69) is 29.0 Å². The summed E-state index contributed by atoms with van der Waals surface area (Å²) >= 11 is 11.9. The largest absolute Gasteiger partial charge is 0.343 e. The standard InChI is InChI=1S/C15H11Cl2N/c16-13-6-5-11(9-14(13)17)10-18-8-7-12-3-1-2-4-15(12)18/h1-9H,10H2. The molecule has 18 heavy (non-hydrogen) atoms. The highest BCUT2D eigenvalue weighted by Gasteiger charge is 2.03. The lowest BCUT2D eigenvalue weighted by atomic mass is 10.2. The van der Waals surface area contributed by atoms with Gasteiger partial charge in [0, 0.05) is 18.3 Å². The van der Waals surface area contributed by atoms with E-state index in [-0.39, 0.29) is 0 Å². The van der Waals surface area contributed by atoms with Gasteiger partial charge in [-0.25, -0.2) is 0 Å². The van der Waals surface area contributed by atoms with Gasteiger partial charge in [0.1, 0.15) is 0 Å². The van der Waals surface area contributed by atoms with Crippen molar-refractivity contribution in [1.82, 2.24) is 4.57 Å². The second kappa shape index (κ2) is 4.68. The van der Waals surface area contributed by atoms with Gasteiger partial charge < -0.3 is 4.57 Å². The van der Waals surface area contributed by atoms with Crippen molar-refractivity contribution in [2.45, 2.75) is 6.54 Å². The number of benzene rings is 2. The molecule has 0 saturated heterocycles. The molecule has 0 aliphatic carbocycles. The summed E-state index contributed by atoms with van der Waals surface area (Å²) in [5, 5.41) is 2.45. The SMILES string of the molecule is Clc1ccc(Cn2ccc3ccccc32)cc1Cl. The smallest absolute Gasteiger partial charge is 0.0595 e. The minimum atomic E-state index is 0.595. The highest BCUT2D eigenvalue weighted by Crippen LogP contribution is 2.24. The molecule has 90 valence electrons. The van der Waals surface area contributed by atoms with E-state index in [4.69, 9.17) is 23.2 Å². The predicted octanol–water partition coefficient (Wildman–Crippen LogP) is 5.00. The van der Waals surface area contributed by atoms with Crippen molar-refractivity contribution >= 4 is 34.1 Å². The molecule has 0 radical (unpaired) electrons. The molecule has 0 spiro atoms. The lowest BCUT2D eigenvalue weighted by molar-refractivity contribution is 0.837. The van der Waals surface area contributed by atoms with E-state index >= 15 is 0 Å². The van der Waals surface area contributed by atoms with Crippen molar-refractivity contribution in [2.24, 2.45) is 0 Å². The van der Waals surface area contributed by atoms with Crippen LogP contribution < -0.4 is 0 Å². The van der Waals surface area contributed by atoms with Crippen LogP contribution in [-0.4, -0.2) is 4.57 Å². The molecule has 3 rings (SSSR count). The van der Waals surface area contributed by atoms with Crippen LogP contribution in [0.3, 0.4) is 0 Å². The Balaban J connectivity index is 1.98. The number of fused-ring (bicyclic) bond motifs is 1. The van der Waals surface area contributed by atoms with Crippen molar-refractivity contribution in [3.8, 4) is 0 Å². The van der Waals surface area contributed by atoms with Crippen LogP contribution in [0, 0.1) is 0 Å². The van der Waals surface area contributed by atoms with Gasteiger partial charge in [-0.05, 0) is 35.2 Å². The molecule has 0 amide bonds. The lowest BCUT2D eigenvalue weighted by Gasteiger charge is -2.06. The maximum atomic E-state index is 6.03. The fourth-order valence-electron chi connectivity index (χ4n) is 2.11. The van der Waals surface area contributed by atoms with E-state index in [9.17, 15) is 0 Å². The molecule has 0 N–H and O–H groups in total. The summed E-state index contributed by atoms with van der Waals surface area (Å²) in [4.78, 5) is 0. The van der Waals surface area contributed by atoms with Gasteiger partial charge in [0.05, 0.1) is 10.0 Å². The zero-order valence-electron chi connectivity index (χ0n) is 9.61. The third-order valence-electron chi connectivity index (χ3n) is 3.02. The maximum absolute atomic E-state index is 6.03. The molecule has 0 aliphatic rings. The summed E-state index contributed by atoms with van der Waals surface area (Å²) in [7, 11) is 0. The summed E-state index contributed by atoms with van der Waals surface area (Å²) in [5.74, 6) is 0. The third kappa shape index (κ3) is 2.12. The Hall–Kier alpha value is -1.44. The highest BCUT2D eigenvalue weighted by atomic mass is 35.5. The first kappa shape index (κ1) is 11.6. The third-order valence-corrected chi connectivity index (χ3v) is 3.76. The van der Waals surface area contributed by atoms with E-state index in [1.807, 2.05) is 30.3 Å². The van der Waals surface area contributed by atoms with E-state index in [0.717, 1.165) is 12.1 Å². The number of nitrogens with zero attached hydrogens (tertiary/aromatic N) is 1. The van der Waals surface area contributed by atoms with Crippen molar-refractivity contribution in [3.63, 3.8) is 0 Å². The first-order chi connectivity index (χ1) is 8.74. The number of halogens is 2. The average molecular weight is 276 g/mol. The summed E-state index contributed by atoms with van der Waals surface area (Å²) in [6, 6.07) is 16.2. The van der Waals surface area contributed by atoms with Crippen LogP contribution in [0.5, 0.6) is 0 Å². The molecule has 1 aromatic heterocycles. The normalized spacial score (nSPS) is 11.0. The first-order valence-electron chi connectivity index (χ1n) is 5.72. The van der Waals surface area contributed by atoms with Crippen LogP contribution in [0.4, 0.5) is 0 Å². The van der Waals surface area contributed by atoms with Crippen LogP contribution in [0.2, 0.25) is 10.0 Å². The summed E-state index contributed by atoms with van der Waals surface area (Å²) in [6.07, 6.45) is 2.09. The average Bonchev–Trinajstić information content (AvgIpc) is 2.78. The van der Waals surface area contributed by atoms with Crippen LogP contribution in [0.15, 0.2) is 54.7 Å². The van der Waals surface area contributed by atoms with E-state index in [1.54, 1.807) is 0 Å². The second-order valence-electron chi connectivity index (χ2n) is 4.25. The zero-order valence-corrected chi connectivity index (χ0v) is 11.1. The summed E-state index contributed by atoms with van der Waals surface area (Å²) < 4.78 is 2.20. The molecule has 1 heterocycles. The zero-order chi connectivity index (χ0) is 12.5. The minimum Gasteiger partial charge on any atom is -0.343 e. The molecular weight excluding hydrogens is 265 g/mol. The van der Waals surface area contributed by atoms with Crippen molar-refractivity contribution in [2.75, 3.05) is 0 Å². The Labute approximate surface area is 116 Å². The van der Waals surface area contributed by atoms with Crippen molar-refractivity contribution in [1.29, 1.82) is 0 Å². The fourth-order valence-corrected chi connectivity index (χ4v) is 2.43. The fraction of sp³-hybridized carbons (Fsp3) is 0.0667. The van der Waals surface area contributed by atoms with Gasteiger partial charge in [0.2, 0.25) is 0 Å². The summed E-state index contributed by atoms with van der Waals surface area (Å²) in [5.41, 5.74) is 2.37. The van der Waals surface area contributed by atoms with Crippen LogP contribution in [0.25, 0.3) is 10.9 Å². The van der Waals surface area contributed by atoms with Crippen molar-refractivity contribution < 1.29 is 0 Å². The lowest BCUT2D eigenvalue weighted by Crippen LogP contribution is -1.97. The number of rotatable bonds is 2. The predicted molar refractivity (Wildman–Crippen MR) is 77.5 cm³/mol. The van der Waals surface area contributed by atoms with Gasteiger partial charge in [0.25, 0.3) is 0 Å². The van der Waals surface area contributed by atoms with Gasteiger partial charge in [-0.1, -0.05) is 47.5 Å². The van der Waals surface area contributed by atoms with Gasteiger partial charge >= 0.3 is 0 Å². The van der Waals surface area contributed by atoms with Gasteiger partial charge in [-0.2, -0.15) is 0 Å². The highest BCUT2D eigenvalue weighted by molar-refractivity contribution is 6.42. The van der Waals surface area contributed by atoms with Crippen molar-refractivity contribution in [3.05, 3.63) is 70.3 Å². The van der Waals surface area contributed by atoms with Gasteiger partial charge in [-0.3, -0.25) is 0 Å². The Kier molecular flexibility index (Phi) is 3.02. The quantitative estimate of drug-likeness (QED) is 0.621. The molecular formula is C15H11Cl2N. The summed E-state index contributed by atoms with van der Waals surface area (Å²) in [6.45, 7) is 0.796. The molecule has 0 unspecified atom stereocenters. The Morgan fingerprint density at radius 3 is 2.56 bits per heavy atom. The molecule has 2 aromatic carbocycles. The van der Waals surface area contributed by atoms with Crippen LogP contribution in [0.1, 0.15) is 5.56 Å². The Morgan fingerprint density at radius 2 is 1.72 bits per heavy atom. The molecule has 0 aliphatic heterocycles. The van der Waals surface area contributed by atoms with E-state index < -0.39 is 0 Å². The second-order valence-corrected chi connectivity index (χ2v) is 5.07. The monoisotopic (exact) mass is 275 g/mol. The Morgan fingerprint density at radius 1 is 0.889 bits per heavy atom. The maximum Gasteiger partial charge on any atom is 0.0595 e. The van der Waals surface area contributed by atoms with E-state index in [0.29, 0.717) is 10.0 Å². The van der Waals surface area contributed by atoms with Gasteiger partial charge in [0.15, 0.2) is 0 Å². The molecule has 0 bridgehead atoms. The molecule has 0 saturated carbocycles. The first-order valence-corrected chi connectivity index (χ1v) is 6.47.